The van der Waals surface area contributed by atoms with Crippen molar-refractivity contribution >= 4 is 56.7 Å². The van der Waals surface area contributed by atoms with Crippen LogP contribution in [-0.2, 0) is 4.74 Å². The second kappa shape index (κ2) is 9.56. The largest absolute Gasteiger partial charge is 0.465 e. The van der Waals surface area contributed by atoms with Crippen molar-refractivity contribution in [3.63, 3.8) is 0 Å². The molecule has 8 heteroatoms. The van der Waals surface area contributed by atoms with Crippen LogP contribution in [0.25, 0.3) is 0 Å². The van der Waals surface area contributed by atoms with E-state index in [-0.39, 0.29) is 22.1 Å². The molecule has 0 heterocycles. The molecule has 0 spiro atoms. The van der Waals surface area contributed by atoms with Gasteiger partial charge < -0.3 is 15.4 Å². The summed E-state index contributed by atoms with van der Waals surface area (Å²) in [6, 6.07) is 18.1. The fraction of sp³-hybridized carbons (Fsp3) is 0.0455. The lowest BCUT2D eigenvalue weighted by molar-refractivity contribution is 0.0600. The average molecular weight is 488 g/mol. The van der Waals surface area contributed by atoms with E-state index >= 15 is 0 Å². The number of esters is 1. The third-order valence-electron chi connectivity index (χ3n) is 4.17. The lowest BCUT2D eigenvalue weighted by Crippen LogP contribution is -2.18. The maximum atomic E-state index is 12.8. The molecule has 0 aliphatic carbocycles. The van der Waals surface area contributed by atoms with Gasteiger partial charge in [-0.25, -0.2) is 4.79 Å². The number of methoxy groups -OCH3 is 1. The van der Waals surface area contributed by atoms with Crippen molar-refractivity contribution in [2.75, 3.05) is 17.7 Å². The second-order valence-electron chi connectivity index (χ2n) is 6.12. The summed E-state index contributed by atoms with van der Waals surface area (Å²) in [7, 11) is 1.24. The van der Waals surface area contributed by atoms with Crippen LogP contribution in [-0.4, -0.2) is 24.9 Å². The Morgan fingerprint density at radius 2 is 1.47 bits per heavy atom. The van der Waals surface area contributed by atoms with E-state index in [9.17, 15) is 14.4 Å². The summed E-state index contributed by atoms with van der Waals surface area (Å²) in [6.07, 6.45) is 0. The van der Waals surface area contributed by atoms with E-state index in [2.05, 4.69) is 31.3 Å². The molecule has 0 aliphatic rings. The molecule has 0 aromatic heterocycles. The smallest absolute Gasteiger partial charge is 0.339 e. The van der Waals surface area contributed by atoms with Crippen molar-refractivity contribution in [2.45, 2.75) is 0 Å². The molecule has 2 N–H and O–H groups in total. The van der Waals surface area contributed by atoms with Crippen molar-refractivity contribution < 1.29 is 19.1 Å². The summed E-state index contributed by atoms with van der Waals surface area (Å²) in [6.45, 7) is 0. The van der Waals surface area contributed by atoms with Crippen LogP contribution in [0.5, 0.6) is 0 Å². The SMILES string of the molecule is COC(=O)c1cc(NC(=O)c2ccccc2NC(=O)c2ccccc2Br)ccc1Cl. The molecule has 3 aromatic rings. The summed E-state index contributed by atoms with van der Waals surface area (Å²) >= 11 is 9.36. The molecule has 0 atom stereocenters. The molecule has 152 valence electrons. The number of hydrogen-bond donors (Lipinski definition) is 2. The molecule has 0 bridgehead atoms. The molecule has 0 saturated heterocycles. The van der Waals surface area contributed by atoms with E-state index in [0.29, 0.717) is 21.4 Å². The Morgan fingerprint density at radius 3 is 2.17 bits per heavy atom. The first kappa shape index (κ1) is 21.5. The minimum absolute atomic E-state index is 0.132. The molecular weight excluding hydrogens is 472 g/mol. The molecule has 2 amide bonds. The number of amides is 2. The van der Waals surface area contributed by atoms with E-state index in [1.165, 1.54) is 19.2 Å². The van der Waals surface area contributed by atoms with Crippen LogP contribution in [0.1, 0.15) is 31.1 Å². The number of ether oxygens (including phenoxy) is 1. The summed E-state index contributed by atoms with van der Waals surface area (Å²) in [4.78, 5) is 37.3. The van der Waals surface area contributed by atoms with Gasteiger partial charge in [0, 0.05) is 10.2 Å². The zero-order chi connectivity index (χ0) is 21.7. The van der Waals surface area contributed by atoms with Crippen LogP contribution in [0.15, 0.2) is 71.2 Å². The number of rotatable bonds is 5. The van der Waals surface area contributed by atoms with Crippen LogP contribution in [0, 0.1) is 0 Å². The van der Waals surface area contributed by atoms with Gasteiger partial charge in [-0.1, -0.05) is 35.9 Å². The van der Waals surface area contributed by atoms with Gasteiger partial charge in [0.2, 0.25) is 0 Å². The zero-order valence-electron chi connectivity index (χ0n) is 15.7. The van der Waals surface area contributed by atoms with Crippen LogP contribution in [0.2, 0.25) is 5.02 Å². The summed E-state index contributed by atoms with van der Waals surface area (Å²) in [5.74, 6) is -1.43. The van der Waals surface area contributed by atoms with Gasteiger partial charge in [-0.05, 0) is 58.4 Å². The van der Waals surface area contributed by atoms with Crippen molar-refractivity contribution in [3.05, 3.63) is 92.9 Å². The summed E-state index contributed by atoms with van der Waals surface area (Å²) in [5.41, 5.74) is 1.53. The Hall–Kier alpha value is -3.16. The Balaban J connectivity index is 1.84. The predicted octanol–water partition coefficient (Wildman–Crippen LogP) is 5.39. The Bertz CT molecular complexity index is 1130. The van der Waals surface area contributed by atoms with Gasteiger partial charge in [0.25, 0.3) is 11.8 Å². The summed E-state index contributed by atoms with van der Waals surface area (Å²) in [5, 5.41) is 5.67. The van der Waals surface area contributed by atoms with Gasteiger partial charge in [-0.15, -0.1) is 0 Å². The van der Waals surface area contributed by atoms with E-state index in [0.717, 1.165) is 0 Å². The first-order valence-corrected chi connectivity index (χ1v) is 9.92. The monoisotopic (exact) mass is 486 g/mol. The van der Waals surface area contributed by atoms with Gasteiger partial charge in [-0.2, -0.15) is 0 Å². The first-order valence-electron chi connectivity index (χ1n) is 8.75. The number of halogens is 2. The third-order valence-corrected chi connectivity index (χ3v) is 5.19. The fourth-order valence-electron chi connectivity index (χ4n) is 2.69. The molecule has 6 nitrogen and oxygen atoms in total. The van der Waals surface area contributed by atoms with E-state index in [1.54, 1.807) is 54.6 Å². The highest BCUT2D eigenvalue weighted by Gasteiger charge is 2.17. The van der Waals surface area contributed by atoms with Gasteiger partial charge in [0.1, 0.15) is 0 Å². The number of benzene rings is 3. The zero-order valence-corrected chi connectivity index (χ0v) is 18.1. The number of carbonyl (C=O) groups is 3. The van der Waals surface area contributed by atoms with E-state index in [1.807, 2.05) is 0 Å². The predicted molar refractivity (Wildman–Crippen MR) is 119 cm³/mol. The summed E-state index contributed by atoms with van der Waals surface area (Å²) < 4.78 is 5.33. The molecule has 0 saturated carbocycles. The normalized spacial score (nSPS) is 10.2. The van der Waals surface area contributed by atoms with Crippen molar-refractivity contribution in [1.29, 1.82) is 0 Å². The molecule has 0 fully saturated rings. The van der Waals surface area contributed by atoms with Crippen molar-refractivity contribution in [3.8, 4) is 0 Å². The second-order valence-corrected chi connectivity index (χ2v) is 7.38. The molecule has 3 aromatic carbocycles. The highest BCUT2D eigenvalue weighted by molar-refractivity contribution is 9.10. The number of nitrogens with one attached hydrogen (secondary N) is 2. The third kappa shape index (κ3) is 4.87. The minimum atomic E-state index is -0.614. The maximum absolute atomic E-state index is 12.8. The quantitative estimate of drug-likeness (QED) is 0.472. The van der Waals surface area contributed by atoms with Gasteiger partial charge in [-0.3, -0.25) is 9.59 Å². The lowest BCUT2D eigenvalue weighted by atomic mass is 10.1. The first-order chi connectivity index (χ1) is 14.4. The highest BCUT2D eigenvalue weighted by Crippen LogP contribution is 2.24. The Morgan fingerprint density at radius 1 is 0.833 bits per heavy atom. The molecular formula is C22H16BrClN2O4. The standard InChI is InChI=1S/C22H16BrClN2O4/c1-30-22(29)16-12-13(10-11-18(16)24)25-21(28)15-7-3-5-9-19(15)26-20(27)14-6-2-4-8-17(14)23/h2-12H,1H3,(H,25,28)(H,26,27). The number of carbonyl (C=O) groups excluding carboxylic acids is 3. The van der Waals surface area contributed by atoms with Crippen LogP contribution in [0.4, 0.5) is 11.4 Å². The molecule has 30 heavy (non-hydrogen) atoms. The van der Waals surface area contributed by atoms with Crippen LogP contribution in [0.3, 0.4) is 0 Å². The Labute approximate surface area is 186 Å². The van der Waals surface area contributed by atoms with E-state index < -0.39 is 11.9 Å². The number of para-hydroxylation sites is 1. The highest BCUT2D eigenvalue weighted by atomic mass is 79.9. The Kier molecular flexibility index (Phi) is 6.87. The number of anilines is 2. The van der Waals surface area contributed by atoms with Crippen LogP contribution >= 0.6 is 27.5 Å². The average Bonchev–Trinajstić information content (AvgIpc) is 2.75. The van der Waals surface area contributed by atoms with E-state index in [4.69, 9.17) is 11.6 Å². The molecule has 0 unspecified atom stereocenters. The van der Waals surface area contributed by atoms with Crippen molar-refractivity contribution in [2.24, 2.45) is 0 Å². The topological polar surface area (TPSA) is 84.5 Å². The van der Waals surface area contributed by atoms with Gasteiger partial charge in [0.05, 0.1) is 34.5 Å². The maximum Gasteiger partial charge on any atom is 0.339 e. The van der Waals surface area contributed by atoms with Crippen molar-refractivity contribution in [1.82, 2.24) is 0 Å². The number of hydrogen-bond acceptors (Lipinski definition) is 4. The fourth-order valence-corrected chi connectivity index (χ4v) is 3.35. The van der Waals surface area contributed by atoms with Gasteiger partial charge in [0.15, 0.2) is 0 Å². The van der Waals surface area contributed by atoms with Gasteiger partial charge >= 0.3 is 5.97 Å². The minimum Gasteiger partial charge on any atom is -0.465 e. The lowest BCUT2D eigenvalue weighted by Gasteiger charge is -2.13. The molecule has 3 rings (SSSR count). The van der Waals surface area contributed by atoms with Crippen LogP contribution < -0.4 is 10.6 Å². The molecule has 0 radical (unpaired) electrons. The molecule has 0 aliphatic heterocycles.